The first kappa shape index (κ1) is 20.8. The molecule has 2 aliphatic rings. The van der Waals surface area contributed by atoms with Crippen LogP contribution in [0.3, 0.4) is 0 Å². The first-order chi connectivity index (χ1) is 13.6. The summed E-state index contributed by atoms with van der Waals surface area (Å²) in [5.74, 6) is -0.0328. The summed E-state index contributed by atoms with van der Waals surface area (Å²) < 4.78 is 0. The van der Waals surface area contributed by atoms with Gasteiger partial charge in [-0.25, -0.2) is 0 Å². The lowest BCUT2D eigenvalue weighted by Crippen LogP contribution is -2.34. The number of thiocarbonyl (C=S) groups is 1. The number of nitrogens with one attached hydrogen (secondary N) is 3. The lowest BCUT2D eigenvalue weighted by atomic mass is 10.1. The molecule has 1 fully saturated rings. The summed E-state index contributed by atoms with van der Waals surface area (Å²) in [5.41, 5.74) is 2.34. The highest BCUT2D eigenvalue weighted by Crippen LogP contribution is 2.25. The molecule has 0 bridgehead atoms. The molecule has 7 heteroatoms. The molecule has 0 aromatic heterocycles. The SMILES string of the molecule is O=C(CN1CCCCCC1)Nc1ccc(NC(=S)NC2=CC[CH]C=C2)cc1Cl. The van der Waals surface area contributed by atoms with Gasteiger partial charge in [-0.05, 0) is 75.3 Å². The van der Waals surface area contributed by atoms with Gasteiger partial charge in [0.1, 0.15) is 0 Å². The average Bonchev–Trinajstić information content (AvgIpc) is 2.93. The smallest absolute Gasteiger partial charge is 0.238 e. The van der Waals surface area contributed by atoms with Crippen molar-refractivity contribution in [1.29, 1.82) is 0 Å². The van der Waals surface area contributed by atoms with Gasteiger partial charge in [-0.2, -0.15) is 0 Å². The normalized spacial score (nSPS) is 17.4. The van der Waals surface area contributed by atoms with Crippen LogP contribution in [-0.4, -0.2) is 35.6 Å². The number of amides is 1. The van der Waals surface area contributed by atoms with Crippen molar-refractivity contribution in [3.05, 3.63) is 53.6 Å². The number of carbonyl (C=O) groups is 1. The minimum Gasteiger partial charge on any atom is -0.333 e. The van der Waals surface area contributed by atoms with Gasteiger partial charge in [0.15, 0.2) is 5.11 Å². The van der Waals surface area contributed by atoms with Crippen LogP contribution >= 0.6 is 23.8 Å². The predicted octanol–water partition coefficient (Wildman–Crippen LogP) is 4.49. The van der Waals surface area contributed by atoms with Crippen LogP contribution in [-0.2, 0) is 4.79 Å². The number of carbonyl (C=O) groups excluding carboxylic acids is 1. The number of halogens is 1. The molecule has 1 saturated heterocycles. The first-order valence-corrected chi connectivity index (χ1v) is 10.5. The number of likely N-dealkylation sites (tertiary alicyclic amines) is 1. The Hall–Kier alpha value is -1.89. The van der Waals surface area contributed by atoms with Crippen LogP contribution < -0.4 is 16.0 Å². The van der Waals surface area contributed by atoms with Gasteiger partial charge in [-0.15, -0.1) is 0 Å². The van der Waals surface area contributed by atoms with E-state index in [1.165, 1.54) is 12.8 Å². The molecular formula is C21H26ClN4OS. The highest BCUT2D eigenvalue weighted by atomic mass is 35.5. The number of nitrogens with zero attached hydrogens (tertiary/aromatic N) is 1. The number of benzene rings is 1. The van der Waals surface area contributed by atoms with E-state index in [0.717, 1.165) is 43.7 Å². The van der Waals surface area contributed by atoms with Crippen molar-refractivity contribution in [3.8, 4) is 0 Å². The zero-order valence-electron chi connectivity index (χ0n) is 15.8. The summed E-state index contributed by atoms with van der Waals surface area (Å²) in [5, 5.41) is 10.1. The molecular weight excluding hydrogens is 392 g/mol. The molecule has 1 aliphatic carbocycles. The molecule has 1 radical (unpaired) electrons. The molecule has 1 amide bonds. The fraction of sp³-hybridized carbons (Fsp3) is 0.381. The summed E-state index contributed by atoms with van der Waals surface area (Å²) in [6.07, 6.45) is 13.8. The quantitative estimate of drug-likeness (QED) is 0.616. The highest BCUT2D eigenvalue weighted by molar-refractivity contribution is 7.80. The number of anilines is 2. The monoisotopic (exact) mass is 417 g/mol. The molecule has 3 rings (SSSR count). The molecule has 1 aromatic rings. The molecule has 1 aliphatic heterocycles. The molecule has 0 spiro atoms. The third-order valence-corrected chi connectivity index (χ3v) is 5.23. The zero-order chi connectivity index (χ0) is 19.8. The van der Waals surface area contributed by atoms with E-state index < -0.39 is 0 Å². The molecule has 0 unspecified atom stereocenters. The van der Waals surface area contributed by atoms with Crippen LogP contribution in [0.5, 0.6) is 0 Å². The van der Waals surface area contributed by atoms with E-state index in [2.05, 4.69) is 33.3 Å². The molecule has 3 N–H and O–H groups in total. The second kappa shape index (κ2) is 10.6. The fourth-order valence-electron chi connectivity index (χ4n) is 3.28. The predicted molar refractivity (Wildman–Crippen MR) is 120 cm³/mol. The Bertz CT molecular complexity index is 770. The van der Waals surface area contributed by atoms with E-state index in [-0.39, 0.29) is 5.91 Å². The summed E-state index contributed by atoms with van der Waals surface area (Å²) in [7, 11) is 0. The van der Waals surface area contributed by atoms with Gasteiger partial charge in [0.25, 0.3) is 0 Å². The van der Waals surface area contributed by atoms with Crippen molar-refractivity contribution in [3.63, 3.8) is 0 Å². The van der Waals surface area contributed by atoms with Gasteiger partial charge in [0.05, 0.1) is 17.3 Å². The Morgan fingerprint density at radius 1 is 1.11 bits per heavy atom. The molecule has 1 heterocycles. The average molecular weight is 418 g/mol. The Balaban J connectivity index is 1.51. The standard InChI is InChI=1S/C21H26ClN4OS/c22-18-14-17(24-21(28)23-16-8-4-3-5-9-16)10-11-19(18)25-20(27)15-26-12-6-1-2-7-13-26/h3-4,8-11,14H,1-2,5-7,12-13,15H2,(H,25,27)(H2,23,24,28). The third kappa shape index (κ3) is 6.62. The van der Waals surface area contributed by atoms with E-state index in [9.17, 15) is 4.79 Å². The van der Waals surface area contributed by atoms with Crippen molar-refractivity contribution in [2.24, 2.45) is 0 Å². The largest absolute Gasteiger partial charge is 0.333 e. The van der Waals surface area contributed by atoms with Crippen LogP contribution in [0.15, 0.2) is 42.1 Å². The third-order valence-electron chi connectivity index (χ3n) is 4.71. The van der Waals surface area contributed by atoms with E-state index >= 15 is 0 Å². The van der Waals surface area contributed by atoms with Gasteiger partial charge < -0.3 is 16.0 Å². The summed E-state index contributed by atoms with van der Waals surface area (Å²) in [6, 6.07) is 5.40. The number of rotatable bonds is 5. The van der Waals surface area contributed by atoms with Gasteiger partial charge in [0.2, 0.25) is 5.91 Å². The van der Waals surface area contributed by atoms with Crippen molar-refractivity contribution in [2.45, 2.75) is 32.1 Å². The van der Waals surface area contributed by atoms with Gasteiger partial charge in [-0.1, -0.05) is 36.6 Å². The minimum absolute atomic E-state index is 0.0328. The van der Waals surface area contributed by atoms with Crippen LogP contribution in [0.1, 0.15) is 32.1 Å². The maximum atomic E-state index is 12.4. The lowest BCUT2D eigenvalue weighted by molar-refractivity contribution is -0.117. The second-order valence-corrected chi connectivity index (χ2v) is 7.82. The van der Waals surface area contributed by atoms with Gasteiger partial charge >= 0.3 is 0 Å². The number of hydrogen-bond acceptors (Lipinski definition) is 3. The Morgan fingerprint density at radius 3 is 2.57 bits per heavy atom. The van der Waals surface area contributed by atoms with Crippen molar-refractivity contribution >= 4 is 46.2 Å². The van der Waals surface area contributed by atoms with E-state index in [0.29, 0.717) is 22.4 Å². The first-order valence-electron chi connectivity index (χ1n) is 9.70. The zero-order valence-corrected chi connectivity index (χ0v) is 17.4. The van der Waals surface area contributed by atoms with Crippen molar-refractivity contribution in [1.82, 2.24) is 10.2 Å². The Labute approximate surface area is 177 Å². The molecule has 1 aromatic carbocycles. The number of allylic oxidation sites excluding steroid dienone is 3. The molecule has 28 heavy (non-hydrogen) atoms. The van der Waals surface area contributed by atoms with Gasteiger partial charge in [0, 0.05) is 11.4 Å². The Morgan fingerprint density at radius 2 is 1.89 bits per heavy atom. The lowest BCUT2D eigenvalue weighted by Gasteiger charge is -2.19. The summed E-state index contributed by atoms with van der Waals surface area (Å²) in [6.45, 7) is 2.38. The summed E-state index contributed by atoms with van der Waals surface area (Å²) in [4.78, 5) is 14.6. The maximum absolute atomic E-state index is 12.4. The van der Waals surface area contributed by atoms with Gasteiger partial charge in [-0.3, -0.25) is 9.69 Å². The minimum atomic E-state index is -0.0328. The molecule has 0 saturated carbocycles. The topological polar surface area (TPSA) is 56.4 Å². The van der Waals surface area contributed by atoms with Crippen LogP contribution in [0, 0.1) is 6.42 Å². The molecule has 5 nitrogen and oxygen atoms in total. The van der Waals surface area contributed by atoms with Crippen LogP contribution in [0.2, 0.25) is 5.02 Å². The van der Waals surface area contributed by atoms with Crippen molar-refractivity contribution < 1.29 is 4.79 Å². The van der Waals surface area contributed by atoms with E-state index in [1.54, 1.807) is 12.1 Å². The maximum Gasteiger partial charge on any atom is 0.238 e. The van der Waals surface area contributed by atoms with Crippen molar-refractivity contribution in [2.75, 3.05) is 30.3 Å². The van der Waals surface area contributed by atoms with Crippen LogP contribution in [0.4, 0.5) is 11.4 Å². The van der Waals surface area contributed by atoms with Crippen LogP contribution in [0.25, 0.3) is 0 Å². The molecule has 0 atom stereocenters. The summed E-state index contributed by atoms with van der Waals surface area (Å²) >= 11 is 11.7. The Kier molecular flexibility index (Phi) is 7.89. The molecule has 149 valence electrons. The van der Waals surface area contributed by atoms with E-state index in [4.69, 9.17) is 23.8 Å². The second-order valence-electron chi connectivity index (χ2n) is 7.00. The fourth-order valence-corrected chi connectivity index (χ4v) is 3.74. The van der Waals surface area contributed by atoms with E-state index in [1.807, 2.05) is 18.2 Å². The number of hydrogen-bond donors (Lipinski definition) is 3. The highest BCUT2D eigenvalue weighted by Gasteiger charge is 2.14.